The summed E-state index contributed by atoms with van der Waals surface area (Å²) < 4.78 is 0. The van der Waals surface area contributed by atoms with E-state index in [4.69, 9.17) is 0 Å². The van der Waals surface area contributed by atoms with Crippen molar-refractivity contribution in [2.75, 3.05) is 13.1 Å². The van der Waals surface area contributed by atoms with Crippen LogP contribution in [0.5, 0.6) is 0 Å². The van der Waals surface area contributed by atoms with Crippen LogP contribution in [0, 0.1) is 16.0 Å². The van der Waals surface area contributed by atoms with Gasteiger partial charge in [0, 0.05) is 36.7 Å². The maximum Gasteiger partial charge on any atom is 0.273 e. The molecule has 2 aliphatic rings. The predicted molar refractivity (Wildman–Crippen MR) is 101 cm³/mol. The van der Waals surface area contributed by atoms with E-state index in [0.717, 1.165) is 38.5 Å². The molecule has 0 spiro atoms. The highest BCUT2D eigenvalue weighted by Gasteiger charge is 2.28. The van der Waals surface area contributed by atoms with Gasteiger partial charge in [-0.3, -0.25) is 19.7 Å². The zero-order valence-corrected chi connectivity index (χ0v) is 15.6. The van der Waals surface area contributed by atoms with E-state index in [2.05, 4.69) is 5.32 Å². The van der Waals surface area contributed by atoms with Gasteiger partial charge in [-0.05, 0) is 25.7 Å². The molecule has 1 aliphatic carbocycles. The summed E-state index contributed by atoms with van der Waals surface area (Å²) >= 11 is 0. The van der Waals surface area contributed by atoms with E-state index < -0.39 is 4.92 Å². The van der Waals surface area contributed by atoms with Crippen LogP contribution in [0.15, 0.2) is 24.3 Å². The van der Waals surface area contributed by atoms with Crippen LogP contribution in [-0.4, -0.2) is 40.8 Å². The maximum absolute atomic E-state index is 12.5. The summed E-state index contributed by atoms with van der Waals surface area (Å²) in [4.78, 5) is 37.3. The minimum absolute atomic E-state index is 0.0134. The van der Waals surface area contributed by atoms with E-state index in [1.54, 1.807) is 23.1 Å². The molecule has 1 aromatic rings. The lowest BCUT2D eigenvalue weighted by atomic mass is 9.88. The Kier molecular flexibility index (Phi) is 6.42. The largest absolute Gasteiger partial charge is 0.353 e. The molecule has 0 radical (unpaired) electrons. The number of para-hydroxylation sites is 1. The summed E-state index contributed by atoms with van der Waals surface area (Å²) in [5.41, 5.74) is 0.431. The molecule has 0 unspecified atom stereocenters. The molecule has 1 aromatic carbocycles. The molecular weight excluding hydrogens is 346 g/mol. The second-order valence-electron chi connectivity index (χ2n) is 7.56. The van der Waals surface area contributed by atoms with Crippen LogP contribution < -0.4 is 5.32 Å². The van der Waals surface area contributed by atoms with Crippen molar-refractivity contribution in [1.82, 2.24) is 10.2 Å². The Morgan fingerprint density at radius 2 is 1.74 bits per heavy atom. The minimum Gasteiger partial charge on any atom is -0.353 e. The molecular formula is C20H27N3O4. The molecule has 0 aromatic heterocycles. The number of carbonyl (C=O) groups is 2. The van der Waals surface area contributed by atoms with Crippen molar-refractivity contribution in [3.63, 3.8) is 0 Å². The molecule has 1 saturated carbocycles. The molecule has 7 nitrogen and oxygen atoms in total. The topological polar surface area (TPSA) is 92.6 Å². The number of piperidine rings is 1. The molecule has 3 rings (SSSR count). The second-order valence-corrected chi connectivity index (χ2v) is 7.56. The highest BCUT2D eigenvalue weighted by Crippen LogP contribution is 2.24. The first-order valence-corrected chi connectivity index (χ1v) is 9.85. The minimum atomic E-state index is -0.449. The first-order chi connectivity index (χ1) is 13.0. The lowest BCUT2D eigenvalue weighted by molar-refractivity contribution is -0.385. The second kappa shape index (κ2) is 8.97. The lowest BCUT2D eigenvalue weighted by Gasteiger charge is -2.33. The Hall–Kier alpha value is -2.44. The zero-order valence-electron chi connectivity index (χ0n) is 15.6. The van der Waals surface area contributed by atoms with Gasteiger partial charge in [0.1, 0.15) is 0 Å². The Morgan fingerprint density at radius 1 is 1.07 bits per heavy atom. The van der Waals surface area contributed by atoms with Gasteiger partial charge in [0.25, 0.3) is 5.69 Å². The molecule has 27 heavy (non-hydrogen) atoms. The SMILES string of the molecule is O=C(NC1CCN(C(=O)Cc2ccccc2[N+](=O)[O-])CC1)C1CCCCC1. The number of rotatable bonds is 5. The predicted octanol–water partition coefficient (Wildman–Crippen LogP) is 2.82. The van der Waals surface area contributed by atoms with Crippen LogP contribution in [0.25, 0.3) is 0 Å². The summed E-state index contributed by atoms with van der Waals surface area (Å²) in [5, 5.41) is 14.3. The number of nitro benzene ring substituents is 1. The number of amides is 2. The molecule has 0 atom stereocenters. The van der Waals surface area contributed by atoms with Gasteiger partial charge in [-0.25, -0.2) is 0 Å². The van der Waals surface area contributed by atoms with Gasteiger partial charge in [0.2, 0.25) is 11.8 Å². The molecule has 1 heterocycles. The van der Waals surface area contributed by atoms with Gasteiger partial charge in [0.05, 0.1) is 11.3 Å². The maximum atomic E-state index is 12.5. The van der Waals surface area contributed by atoms with E-state index in [1.165, 1.54) is 12.5 Å². The molecule has 7 heteroatoms. The quantitative estimate of drug-likeness (QED) is 0.634. The lowest BCUT2D eigenvalue weighted by Crippen LogP contribution is -2.48. The summed E-state index contributed by atoms with van der Waals surface area (Å²) in [6.07, 6.45) is 6.98. The van der Waals surface area contributed by atoms with Crippen molar-refractivity contribution in [1.29, 1.82) is 0 Å². The number of carbonyl (C=O) groups excluding carboxylic acids is 2. The summed E-state index contributed by atoms with van der Waals surface area (Å²) in [6.45, 7) is 1.16. The Labute approximate surface area is 159 Å². The number of benzene rings is 1. The molecule has 1 aliphatic heterocycles. The first-order valence-electron chi connectivity index (χ1n) is 9.85. The van der Waals surface area contributed by atoms with Gasteiger partial charge < -0.3 is 10.2 Å². The molecule has 146 valence electrons. The fraction of sp³-hybridized carbons (Fsp3) is 0.600. The van der Waals surface area contributed by atoms with Crippen LogP contribution in [0.2, 0.25) is 0 Å². The van der Waals surface area contributed by atoms with E-state index in [9.17, 15) is 19.7 Å². The monoisotopic (exact) mass is 373 g/mol. The highest BCUT2D eigenvalue weighted by molar-refractivity contribution is 5.80. The molecule has 1 N–H and O–H groups in total. The number of nitrogens with zero attached hydrogens (tertiary/aromatic N) is 2. The van der Waals surface area contributed by atoms with Crippen molar-refractivity contribution in [2.45, 2.75) is 57.4 Å². The first kappa shape index (κ1) is 19.3. The van der Waals surface area contributed by atoms with Crippen molar-refractivity contribution in [3.8, 4) is 0 Å². The van der Waals surface area contributed by atoms with Crippen LogP contribution in [0.4, 0.5) is 5.69 Å². The molecule has 1 saturated heterocycles. The van der Waals surface area contributed by atoms with Gasteiger partial charge in [-0.15, -0.1) is 0 Å². The normalized spacial score (nSPS) is 18.9. The van der Waals surface area contributed by atoms with Crippen molar-refractivity contribution in [2.24, 2.45) is 5.92 Å². The van der Waals surface area contributed by atoms with Crippen molar-refractivity contribution in [3.05, 3.63) is 39.9 Å². The number of nitrogens with one attached hydrogen (secondary N) is 1. The third-order valence-electron chi connectivity index (χ3n) is 5.70. The van der Waals surface area contributed by atoms with Gasteiger partial charge >= 0.3 is 0 Å². The number of nitro groups is 1. The van der Waals surface area contributed by atoms with E-state index in [1.807, 2.05) is 0 Å². The molecule has 2 amide bonds. The fourth-order valence-corrected chi connectivity index (χ4v) is 4.07. The molecule has 0 bridgehead atoms. The summed E-state index contributed by atoms with van der Waals surface area (Å²) in [6, 6.07) is 6.49. The number of hydrogen-bond donors (Lipinski definition) is 1. The van der Waals surface area contributed by atoms with Crippen LogP contribution in [-0.2, 0) is 16.0 Å². The van der Waals surface area contributed by atoms with Crippen LogP contribution in [0.3, 0.4) is 0 Å². The van der Waals surface area contributed by atoms with Gasteiger partial charge in [-0.1, -0.05) is 37.5 Å². The third kappa shape index (κ3) is 5.05. The highest BCUT2D eigenvalue weighted by atomic mass is 16.6. The Balaban J connectivity index is 1.48. The van der Waals surface area contributed by atoms with Crippen LogP contribution >= 0.6 is 0 Å². The standard InChI is InChI=1S/C20H27N3O4/c24-19(14-16-8-4-5-9-18(16)23(26)27)22-12-10-17(11-13-22)21-20(25)15-6-2-1-3-7-15/h4-5,8-9,15,17H,1-3,6-7,10-14H2,(H,21,25). The Bertz CT molecular complexity index is 692. The van der Waals surface area contributed by atoms with E-state index in [-0.39, 0.29) is 35.9 Å². The Morgan fingerprint density at radius 3 is 2.41 bits per heavy atom. The van der Waals surface area contributed by atoms with Crippen LogP contribution in [0.1, 0.15) is 50.5 Å². The summed E-state index contributed by atoms with van der Waals surface area (Å²) in [5.74, 6) is 0.220. The van der Waals surface area contributed by atoms with Crippen molar-refractivity contribution >= 4 is 17.5 Å². The fourth-order valence-electron chi connectivity index (χ4n) is 4.07. The average Bonchev–Trinajstić information content (AvgIpc) is 2.69. The molecule has 2 fully saturated rings. The van der Waals surface area contributed by atoms with Gasteiger partial charge in [-0.2, -0.15) is 0 Å². The smallest absolute Gasteiger partial charge is 0.273 e. The van der Waals surface area contributed by atoms with Crippen molar-refractivity contribution < 1.29 is 14.5 Å². The number of hydrogen-bond acceptors (Lipinski definition) is 4. The third-order valence-corrected chi connectivity index (χ3v) is 5.70. The average molecular weight is 373 g/mol. The van der Waals surface area contributed by atoms with Gasteiger partial charge in [0.15, 0.2) is 0 Å². The van der Waals surface area contributed by atoms with E-state index >= 15 is 0 Å². The number of likely N-dealkylation sites (tertiary alicyclic amines) is 1. The zero-order chi connectivity index (χ0) is 19.2. The summed E-state index contributed by atoms with van der Waals surface area (Å²) in [7, 11) is 0. The van der Waals surface area contributed by atoms with E-state index in [0.29, 0.717) is 18.7 Å².